The van der Waals surface area contributed by atoms with Gasteiger partial charge in [-0.2, -0.15) is 4.98 Å². The van der Waals surface area contributed by atoms with E-state index in [9.17, 15) is 0 Å². The third kappa shape index (κ3) is 1.89. The Hall–Kier alpha value is -1.88. The monoisotopic (exact) mass is 243 g/mol. The lowest BCUT2D eigenvalue weighted by Crippen LogP contribution is -1.83. The molecule has 0 aliphatic carbocycles. The van der Waals surface area contributed by atoms with Gasteiger partial charge in [-0.05, 0) is 18.4 Å². The van der Waals surface area contributed by atoms with Gasteiger partial charge in [0.25, 0.3) is 5.71 Å². The van der Waals surface area contributed by atoms with Crippen molar-refractivity contribution in [2.24, 2.45) is 0 Å². The Morgan fingerprint density at radius 1 is 1.12 bits per heavy atom. The van der Waals surface area contributed by atoms with Crippen molar-refractivity contribution in [1.29, 1.82) is 0 Å². The number of aromatic nitrogens is 3. The van der Waals surface area contributed by atoms with E-state index in [2.05, 4.69) is 15.0 Å². The summed E-state index contributed by atoms with van der Waals surface area (Å²) >= 11 is 1.48. The Bertz CT molecular complexity index is 651. The van der Waals surface area contributed by atoms with E-state index in [1.54, 1.807) is 6.20 Å². The summed E-state index contributed by atoms with van der Waals surface area (Å²) in [5.74, 6) is 0.577. The molecule has 0 atom stereocenters. The van der Waals surface area contributed by atoms with E-state index in [0.717, 1.165) is 5.56 Å². The molecule has 17 heavy (non-hydrogen) atoms. The number of hydrogen-bond acceptors (Lipinski definition) is 5. The number of rotatable bonds is 2. The Morgan fingerprint density at radius 2 is 1.94 bits per heavy atom. The lowest BCUT2D eigenvalue weighted by molar-refractivity contribution is 0.602. The lowest BCUT2D eigenvalue weighted by Gasteiger charge is -1.91. The van der Waals surface area contributed by atoms with Crippen molar-refractivity contribution < 1.29 is 4.42 Å². The quantitative estimate of drug-likeness (QED) is 0.511. The summed E-state index contributed by atoms with van der Waals surface area (Å²) in [4.78, 5) is 12.8. The maximum absolute atomic E-state index is 5.62. The number of fused-ring (bicyclic) bond motifs is 1. The van der Waals surface area contributed by atoms with Gasteiger partial charge >= 0.3 is 0 Å². The van der Waals surface area contributed by atoms with Crippen LogP contribution in [0, 0.1) is 0 Å². The van der Waals surface area contributed by atoms with E-state index >= 15 is 0 Å². The summed E-state index contributed by atoms with van der Waals surface area (Å²) in [5, 5.41) is 0.688. The minimum atomic E-state index is 0.531. The zero-order valence-electron chi connectivity index (χ0n) is 9.12. The standard InChI is InChI=1S/C12H9N3OS/c1-17-12-13-7-9-11(15-12)16-10(14-9)8-5-3-2-4-6-8/h2-7H,1H3. The van der Waals surface area contributed by atoms with Crippen LogP contribution in [0.15, 0.2) is 46.1 Å². The largest absolute Gasteiger partial charge is 0.418 e. The van der Waals surface area contributed by atoms with Gasteiger partial charge in [-0.25, -0.2) is 9.97 Å². The summed E-state index contributed by atoms with van der Waals surface area (Å²) in [6, 6.07) is 9.76. The van der Waals surface area contributed by atoms with Crippen molar-refractivity contribution in [2.75, 3.05) is 6.26 Å². The highest BCUT2D eigenvalue weighted by Crippen LogP contribution is 2.23. The molecule has 4 nitrogen and oxygen atoms in total. The van der Waals surface area contributed by atoms with E-state index in [0.29, 0.717) is 22.3 Å². The number of nitrogens with zero attached hydrogens (tertiary/aromatic N) is 3. The van der Waals surface area contributed by atoms with E-state index in [1.807, 2.05) is 36.6 Å². The van der Waals surface area contributed by atoms with Crippen LogP contribution in [0.25, 0.3) is 22.7 Å². The summed E-state index contributed by atoms with van der Waals surface area (Å²) in [7, 11) is 0. The van der Waals surface area contributed by atoms with Gasteiger partial charge in [0.1, 0.15) is 5.52 Å². The van der Waals surface area contributed by atoms with Gasteiger partial charge in [0.15, 0.2) is 5.16 Å². The molecule has 0 unspecified atom stereocenters. The van der Waals surface area contributed by atoms with Crippen LogP contribution in [0.4, 0.5) is 0 Å². The fourth-order valence-electron chi connectivity index (χ4n) is 1.52. The molecule has 0 bridgehead atoms. The van der Waals surface area contributed by atoms with Crippen LogP contribution in [-0.4, -0.2) is 21.2 Å². The molecule has 0 N–H and O–H groups in total. The molecule has 84 valence electrons. The van der Waals surface area contributed by atoms with Crippen LogP contribution in [0.2, 0.25) is 0 Å². The number of oxazole rings is 1. The Balaban J connectivity index is 2.14. The van der Waals surface area contributed by atoms with Crippen molar-refractivity contribution in [3.63, 3.8) is 0 Å². The van der Waals surface area contributed by atoms with Crippen molar-refractivity contribution in [2.45, 2.75) is 5.16 Å². The minimum absolute atomic E-state index is 0.531. The van der Waals surface area contributed by atoms with Gasteiger partial charge in [-0.3, -0.25) is 0 Å². The van der Waals surface area contributed by atoms with Crippen LogP contribution in [-0.2, 0) is 0 Å². The molecule has 0 fully saturated rings. The minimum Gasteiger partial charge on any atom is -0.418 e. The van der Waals surface area contributed by atoms with Crippen molar-refractivity contribution >= 4 is 23.0 Å². The fourth-order valence-corrected chi connectivity index (χ4v) is 1.86. The predicted molar refractivity (Wildman–Crippen MR) is 66.8 cm³/mol. The van der Waals surface area contributed by atoms with Crippen LogP contribution in [0.5, 0.6) is 0 Å². The molecule has 3 rings (SSSR count). The molecule has 2 heterocycles. The van der Waals surface area contributed by atoms with E-state index in [1.165, 1.54) is 11.8 Å². The SMILES string of the molecule is CSc1ncc2nc(-c3ccccc3)oc2n1. The van der Waals surface area contributed by atoms with Crippen LogP contribution >= 0.6 is 11.8 Å². The van der Waals surface area contributed by atoms with Gasteiger partial charge < -0.3 is 4.42 Å². The van der Waals surface area contributed by atoms with Crippen LogP contribution in [0.3, 0.4) is 0 Å². The van der Waals surface area contributed by atoms with Gasteiger partial charge in [-0.1, -0.05) is 30.0 Å². The second-order valence-corrected chi connectivity index (χ2v) is 4.21. The zero-order valence-corrected chi connectivity index (χ0v) is 9.94. The first-order valence-corrected chi connectivity index (χ1v) is 6.32. The van der Waals surface area contributed by atoms with Gasteiger partial charge in [0.05, 0.1) is 6.20 Å². The molecule has 0 spiro atoms. The molecule has 2 aromatic heterocycles. The summed E-state index contributed by atoms with van der Waals surface area (Å²) in [6.45, 7) is 0. The molecule has 0 radical (unpaired) electrons. The smallest absolute Gasteiger partial charge is 0.251 e. The van der Waals surface area contributed by atoms with Crippen molar-refractivity contribution in [3.8, 4) is 11.5 Å². The highest BCUT2D eigenvalue weighted by atomic mass is 32.2. The van der Waals surface area contributed by atoms with Crippen LogP contribution < -0.4 is 0 Å². The first-order chi connectivity index (χ1) is 8.36. The first-order valence-electron chi connectivity index (χ1n) is 5.10. The van der Waals surface area contributed by atoms with Crippen molar-refractivity contribution in [3.05, 3.63) is 36.5 Å². The molecule has 0 aliphatic rings. The second-order valence-electron chi connectivity index (χ2n) is 3.43. The molecule has 0 saturated carbocycles. The fraction of sp³-hybridized carbons (Fsp3) is 0.0833. The third-order valence-corrected chi connectivity index (χ3v) is 2.89. The maximum atomic E-state index is 5.62. The number of hydrogen-bond donors (Lipinski definition) is 0. The molecule has 1 aromatic carbocycles. The second kappa shape index (κ2) is 4.18. The summed E-state index contributed by atoms with van der Waals surface area (Å²) in [5.41, 5.74) is 2.15. The van der Waals surface area contributed by atoms with E-state index in [4.69, 9.17) is 4.42 Å². The summed E-state index contributed by atoms with van der Waals surface area (Å²) < 4.78 is 5.62. The van der Waals surface area contributed by atoms with Crippen LogP contribution in [0.1, 0.15) is 0 Å². The number of benzene rings is 1. The van der Waals surface area contributed by atoms with Gasteiger partial charge in [-0.15, -0.1) is 0 Å². The molecular weight excluding hydrogens is 234 g/mol. The predicted octanol–water partition coefficient (Wildman–Crippen LogP) is 3.01. The van der Waals surface area contributed by atoms with E-state index in [-0.39, 0.29) is 0 Å². The normalized spacial score (nSPS) is 10.9. The average Bonchev–Trinajstić information content (AvgIpc) is 2.82. The van der Waals surface area contributed by atoms with E-state index < -0.39 is 0 Å². The molecule has 0 aliphatic heterocycles. The Kier molecular flexibility index (Phi) is 2.53. The van der Waals surface area contributed by atoms with Gasteiger partial charge in [0, 0.05) is 5.56 Å². The Labute approximate surface area is 102 Å². The topological polar surface area (TPSA) is 51.8 Å². The number of thioether (sulfide) groups is 1. The lowest BCUT2D eigenvalue weighted by atomic mass is 10.2. The highest BCUT2D eigenvalue weighted by molar-refractivity contribution is 7.98. The molecule has 3 aromatic rings. The Morgan fingerprint density at radius 3 is 2.71 bits per heavy atom. The first kappa shape index (κ1) is 10.3. The zero-order chi connectivity index (χ0) is 11.7. The average molecular weight is 243 g/mol. The molecule has 0 saturated heterocycles. The third-order valence-electron chi connectivity index (χ3n) is 2.33. The molecule has 0 amide bonds. The summed E-state index contributed by atoms with van der Waals surface area (Å²) in [6.07, 6.45) is 3.61. The molecular formula is C12H9N3OS. The maximum Gasteiger partial charge on any atom is 0.251 e. The van der Waals surface area contributed by atoms with Crippen molar-refractivity contribution in [1.82, 2.24) is 15.0 Å². The highest BCUT2D eigenvalue weighted by Gasteiger charge is 2.09. The molecule has 5 heteroatoms. The van der Waals surface area contributed by atoms with Gasteiger partial charge in [0.2, 0.25) is 5.89 Å².